The summed E-state index contributed by atoms with van der Waals surface area (Å²) in [5.41, 5.74) is -0.432. The van der Waals surface area contributed by atoms with Crippen molar-refractivity contribution in [2.45, 2.75) is 26.4 Å². The second-order valence-electron chi connectivity index (χ2n) is 5.66. The maximum atomic E-state index is 11.9. The van der Waals surface area contributed by atoms with Crippen LogP contribution >= 0.6 is 15.9 Å². The van der Waals surface area contributed by atoms with Crippen molar-refractivity contribution in [2.24, 2.45) is 0 Å². The van der Waals surface area contributed by atoms with Crippen LogP contribution in [0.2, 0.25) is 0 Å². The molecule has 1 aromatic rings. The molecule has 1 amide bonds. The Labute approximate surface area is 122 Å². The summed E-state index contributed by atoms with van der Waals surface area (Å²) in [6.45, 7) is 8.66. The molecule has 19 heavy (non-hydrogen) atoms. The lowest BCUT2D eigenvalue weighted by Gasteiger charge is -2.36. The number of anilines is 1. The predicted octanol–water partition coefficient (Wildman–Crippen LogP) is 2.83. The van der Waals surface area contributed by atoms with E-state index in [1.54, 1.807) is 4.90 Å². The highest BCUT2D eigenvalue weighted by Crippen LogP contribution is 2.20. The number of ether oxygens (including phenoxy) is 1. The molecular formula is C13H20BrN3O2. The molecule has 2 rings (SSSR count). The van der Waals surface area contributed by atoms with Crippen molar-refractivity contribution < 1.29 is 9.53 Å². The van der Waals surface area contributed by atoms with E-state index in [0.29, 0.717) is 13.1 Å². The van der Waals surface area contributed by atoms with Crippen molar-refractivity contribution in [3.8, 4) is 0 Å². The third-order valence-corrected chi connectivity index (χ3v) is 3.36. The summed E-state index contributed by atoms with van der Waals surface area (Å²) in [4.78, 5) is 19.1. The SMILES string of the molecule is CC(C)(C)OC(=O)N1CCN(c2cc(Br)c[nH]2)CC1. The fraction of sp³-hybridized carbons (Fsp3) is 0.615. The topological polar surface area (TPSA) is 48.6 Å². The molecule has 0 atom stereocenters. The van der Waals surface area contributed by atoms with E-state index in [4.69, 9.17) is 4.74 Å². The Morgan fingerprint density at radius 3 is 2.42 bits per heavy atom. The molecule has 5 nitrogen and oxygen atoms in total. The van der Waals surface area contributed by atoms with Crippen LogP contribution in [0, 0.1) is 0 Å². The minimum absolute atomic E-state index is 0.222. The third-order valence-electron chi connectivity index (χ3n) is 2.90. The zero-order valence-electron chi connectivity index (χ0n) is 11.6. The predicted molar refractivity (Wildman–Crippen MR) is 78.5 cm³/mol. The van der Waals surface area contributed by atoms with E-state index in [-0.39, 0.29) is 6.09 Å². The largest absolute Gasteiger partial charge is 0.444 e. The zero-order valence-corrected chi connectivity index (χ0v) is 13.2. The molecule has 1 saturated heterocycles. The van der Waals surface area contributed by atoms with Crippen molar-refractivity contribution in [3.63, 3.8) is 0 Å². The highest BCUT2D eigenvalue weighted by atomic mass is 79.9. The quantitative estimate of drug-likeness (QED) is 0.861. The zero-order chi connectivity index (χ0) is 14.0. The van der Waals surface area contributed by atoms with Crippen LogP contribution in [-0.2, 0) is 4.74 Å². The molecule has 2 heterocycles. The molecule has 106 valence electrons. The first-order valence-corrected chi connectivity index (χ1v) is 7.21. The van der Waals surface area contributed by atoms with Crippen molar-refractivity contribution >= 4 is 27.8 Å². The van der Waals surface area contributed by atoms with Gasteiger partial charge in [0.05, 0.1) is 0 Å². The number of aromatic nitrogens is 1. The number of aromatic amines is 1. The Bertz CT molecular complexity index is 445. The van der Waals surface area contributed by atoms with Gasteiger partial charge in [0, 0.05) is 36.8 Å². The smallest absolute Gasteiger partial charge is 0.410 e. The van der Waals surface area contributed by atoms with Crippen molar-refractivity contribution in [2.75, 3.05) is 31.1 Å². The number of carbonyl (C=O) groups excluding carboxylic acids is 1. The lowest BCUT2D eigenvalue weighted by atomic mass is 10.2. The lowest BCUT2D eigenvalue weighted by molar-refractivity contribution is 0.0240. The van der Waals surface area contributed by atoms with Gasteiger partial charge in [-0.25, -0.2) is 4.79 Å². The summed E-state index contributed by atoms with van der Waals surface area (Å²) in [6, 6.07) is 2.04. The highest BCUT2D eigenvalue weighted by Gasteiger charge is 2.26. The molecule has 6 heteroatoms. The molecule has 1 aromatic heterocycles. The normalized spacial score (nSPS) is 16.6. The fourth-order valence-electron chi connectivity index (χ4n) is 2.00. The van der Waals surface area contributed by atoms with Crippen LogP contribution < -0.4 is 4.90 Å². The molecule has 1 N–H and O–H groups in total. The Morgan fingerprint density at radius 1 is 1.32 bits per heavy atom. The number of amides is 1. The van der Waals surface area contributed by atoms with Gasteiger partial charge < -0.3 is 19.5 Å². The standard InChI is InChI=1S/C13H20BrN3O2/c1-13(2,3)19-12(18)17-6-4-16(5-7-17)11-8-10(14)9-15-11/h8-9,15H,4-7H2,1-3H3. The summed E-state index contributed by atoms with van der Waals surface area (Å²) in [7, 11) is 0. The molecule has 0 spiro atoms. The first kappa shape index (κ1) is 14.2. The van der Waals surface area contributed by atoms with Crippen molar-refractivity contribution in [1.82, 2.24) is 9.88 Å². The van der Waals surface area contributed by atoms with Crippen LogP contribution in [0.4, 0.5) is 10.6 Å². The summed E-state index contributed by atoms with van der Waals surface area (Å²) in [5, 5.41) is 0. The molecular weight excluding hydrogens is 310 g/mol. The van der Waals surface area contributed by atoms with E-state index in [2.05, 4.69) is 25.8 Å². The monoisotopic (exact) mass is 329 g/mol. The molecule has 1 fully saturated rings. The van der Waals surface area contributed by atoms with Gasteiger partial charge in [-0.15, -0.1) is 0 Å². The lowest BCUT2D eigenvalue weighted by Crippen LogP contribution is -2.50. The average Bonchev–Trinajstić information content (AvgIpc) is 2.74. The summed E-state index contributed by atoms with van der Waals surface area (Å²) >= 11 is 3.42. The number of hydrogen-bond donors (Lipinski definition) is 1. The summed E-state index contributed by atoms with van der Waals surface area (Å²) < 4.78 is 6.41. The van der Waals surface area contributed by atoms with Gasteiger partial charge in [-0.3, -0.25) is 0 Å². The van der Waals surface area contributed by atoms with Crippen LogP contribution in [0.3, 0.4) is 0 Å². The number of piperazine rings is 1. The van der Waals surface area contributed by atoms with Gasteiger partial charge in [0.25, 0.3) is 0 Å². The molecule has 1 aliphatic rings. The highest BCUT2D eigenvalue weighted by molar-refractivity contribution is 9.10. The molecule has 0 aromatic carbocycles. The number of rotatable bonds is 1. The second kappa shape index (κ2) is 5.45. The second-order valence-corrected chi connectivity index (χ2v) is 6.57. The van der Waals surface area contributed by atoms with Crippen molar-refractivity contribution in [3.05, 3.63) is 16.7 Å². The van der Waals surface area contributed by atoms with Crippen LogP contribution in [0.5, 0.6) is 0 Å². The van der Waals surface area contributed by atoms with Gasteiger partial charge in [-0.2, -0.15) is 0 Å². The average molecular weight is 330 g/mol. The van der Waals surface area contributed by atoms with Gasteiger partial charge in [-0.1, -0.05) is 0 Å². The number of nitrogens with zero attached hydrogens (tertiary/aromatic N) is 2. The number of halogens is 1. The van der Waals surface area contributed by atoms with E-state index in [0.717, 1.165) is 23.4 Å². The maximum Gasteiger partial charge on any atom is 0.410 e. The Balaban J connectivity index is 1.87. The minimum atomic E-state index is -0.432. The third kappa shape index (κ3) is 3.89. The Kier molecular flexibility index (Phi) is 4.08. The van der Waals surface area contributed by atoms with E-state index >= 15 is 0 Å². The molecule has 0 bridgehead atoms. The van der Waals surface area contributed by atoms with E-state index in [1.807, 2.05) is 33.0 Å². The maximum absolute atomic E-state index is 11.9. The minimum Gasteiger partial charge on any atom is -0.444 e. The molecule has 0 saturated carbocycles. The van der Waals surface area contributed by atoms with E-state index < -0.39 is 5.60 Å². The van der Waals surface area contributed by atoms with Crippen LogP contribution in [-0.4, -0.2) is 47.8 Å². The number of carbonyl (C=O) groups is 1. The van der Waals surface area contributed by atoms with Crippen molar-refractivity contribution in [1.29, 1.82) is 0 Å². The van der Waals surface area contributed by atoms with E-state index in [1.165, 1.54) is 0 Å². The fourth-order valence-corrected chi connectivity index (χ4v) is 2.33. The first-order chi connectivity index (χ1) is 8.85. The molecule has 0 unspecified atom stereocenters. The molecule has 0 radical (unpaired) electrons. The summed E-state index contributed by atoms with van der Waals surface area (Å²) in [5.74, 6) is 1.08. The number of nitrogens with one attached hydrogen (secondary N) is 1. The number of hydrogen-bond acceptors (Lipinski definition) is 3. The Hall–Kier alpha value is -1.17. The first-order valence-electron chi connectivity index (χ1n) is 6.42. The van der Waals surface area contributed by atoms with Crippen LogP contribution in [0.25, 0.3) is 0 Å². The van der Waals surface area contributed by atoms with Crippen LogP contribution in [0.15, 0.2) is 16.7 Å². The molecule has 0 aliphatic carbocycles. The molecule has 1 aliphatic heterocycles. The Morgan fingerprint density at radius 2 is 1.95 bits per heavy atom. The van der Waals surface area contributed by atoms with Gasteiger partial charge in [0.2, 0.25) is 0 Å². The number of H-pyrrole nitrogens is 1. The van der Waals surface area contributed by atoms with Gasteiger partial charge in [-0.05, 0) is 42.8 Å². The summed E-state index contributed by atoms with van der Waals surface area (Å²) in [6.07, 6.45) is 1.69. The van der Waals surface area contributed by atoms with E-state index in [9.17, 15) is 4.79 Å². The van der Waals surface area contributed by atoms with Gasteiger partial charge in [0.15, 0.2) is 0 Å². The van der Waals surface area contributed by atoms with Gasteiger partial charge in [0.1, 0.15) is 11.4 Å². The van der Waals surface area contributed by atoms with Gasteiger partial charge >= 0.3 is 6.09 Å². The van der Waals surface area contributed by atoms with Crippen LogP contribution in [0.1, 0.15) is 20.8 Å².